The van der Waals surface area contributed by atoms with Gasteiger partial charge in [0.1, 0.15) is 0 Å². The molecule has 6 rings (SSSR count). The molecule has 5 aromatic rings. The molecule has 1 aliphatic rings. The van der Waals surface area contributed by atoms with E-state index in [2.05, 4.69) is 41.1 Å². The second kappa shape index (κ2) is 8.36. The zero-order valence-corrected chi connectivity index (χ0v) is 23.4. The van der Waals surface area contributed by atoms with Crippen LogP contribution in [-0.4, -0.2) is 18.9 Å². The molecule has 6 nitrogen and oxygen atoms in total. The normalized spacial score (nSPS) is 21.6. The standard InChI is InChI=1S/C30H29ClN3O3P/c1-21-23(3)33-27(22(2)29(36)34(33)28(21)35)20-32-30(4,31)37-38(32,24-14-8-5-9-15-24,25-16-10-6-11-17-25)26-18-12-7-13-19-26/h5-19H,20H2,1-4H3. The zero-order valence-electron chi connectivity index (χ0n) is 21.8. The number of fused-ring (bicyclic) bond motifs is 1. The number of alkyl halides is 1. The quantitative estimate of drug-likeness (QED) is 0.188. The molecule has 2 aromatic heterocycles. The van der Waals surface area contributed by atoms with Crippen molar-refractivity contribution >= 4 is 34.5 Å². The molecular weight excluding hydrogens is 517 g/mol. The Morgan fingerprint density at radius 1 is 0.711 bits per heavy atom. The summed E-state index contributed by atoms with van der Waals surface area (Å²) in [6.07, 6.45) is 0. The summed E-state index contributed by atoms with van der Waals surface area (Å²) < 4.78 is 12.3. The zero-order chi connectivity index (χ0) is 26.9. The fraction of sp³-hybridized carbons (Fsp3) is 0.200. The molecular formula is C30H29ClN3O3P. The van der Waals surface area contributed by atoms with E-state index < -0.39 is 12.2 Å². The Morgan fingerprint density at radius 3 is 1.55 bits per heavy atom. The van der Waals surface area contributed by atoms with Crippen molar-refractivity contribution in [3.63, 3.8) is 0 Å². The number of aryl methyl sites for hydroxylation is 1. The summed E-state index contributed by atoms with van der Waals surface area (Å²) in [5.74, 6) is 0. The first kappa shape index (κ1) is 25.0. The average Bonchev–Trinajstić information content (AvgIpc) is 3.32. The Morgan fingerprint density at radius 2 is 1.13 bits per heavy atom. The van der Waals surface area contributed by atoms with Crippen LogP contribution in [0.25, 0.3) is 0 Å². The molecule has 38 heavy (non-hydrogen) atoms. The predicted molar refractivity (Wildman–Crippen MR) is 155 cm³/mol. The van der Waals surface area contributed by atoms with Crippen molar-refractivity contribution in [3.8, 4) is 0 Å². The summed E-state index contributed by atoms with van der Waals surface area (Å²) in [4.78, 5) is 26.3. The number of benzene rings is 3. The second-order valence-electron chi connectivity index (χ2n) is 10.0. The van der Waals surface area contributed by atoms with Gasteiger partial charge in [0.05, 0.1) is 0 Å². The van der Waals surface area contributed by atoms with Crippen LogP contribution in [0.3, 0.4) is 0 Å². The Kier molecular flexibility index (Phi) is 5.50. The van der Waals surface area contributed by atoms with Gasteiger partial charge >= 0.3 is 226 Å². The second-order valence-corrected chi connectivity index (χ2v) is 14.9. The first-order chi connectivity index (χ1) is 18.1. The van der Waals surface area contributed by atoms with Crippen LogP contribution in [0.15, 0.2) is 101 Å². The van der Waals surface area contributed by atoms with Crippen LogP contribution in [0.5, 0.6) is 0 Å². The summed E-state index contributed by atoms with van der Waals surface area (Å²) in [6.45, 7) is 3.73. The maximum absolute atomic E-state index is 13.3. The van der Waals surface area contributed by atoms with E-state index >= 15 is 0 Å². The van der Waals surface area contributed by atoms with E-state index in [9.17, 15) is 9.59 Å². The van der Waals surface area contributed by atoms with Gasteiger partial charge in [-0.25, -0.2) is 0 Å². The van der Waals surface area contributed by atoms with Crippen LogP contribution >= 0.6 is 18.6 Å². The fourth-order valence-corrected chi connectivity index (χ4v) is 13.1. The third-order valence-corrected chi connectivity index (χ3v) is 14.5. The van der Waals surface area contributed by atoms with E-state index in [0.29, 0.717) is 17.7 Å². The number of rotatable bonds is 5. The number of nitrogens with zero attached hydrogens (tertiary/aromatic N) is 3. The van der Waals surface area contributed by atoms with E-state index in [0.717, 1.165) is 27.3 Å². The summed E-state index contributed by atoms with van der Waals surface area (Å²) in [5, 5.41) is 1.85. The third-order valence-electron chi connectivity index (χ3n) is 8.05. The summed E-state index contributed by atoms with van der Waals surface area (Å²) in [7, 11) is 0. The topological polar surface area (TPSA) is 55.4 Å². The molecule has 0 aliphatic carbocycles. The van der Waals surface area contributed by atoms with Crippen molar-refractivity contribution in [2.75, 3.05) is 0 Å². The molecule has 0 amide bonds. The van der Waals surface area contributed by atoms with Gasteiger partial charge in [-0.2, -0.15) is 0 Å². The van der Waals surface area contributed by atoms with Crippen LogP contribution in [-0.2, 0) is 11.1 Å². The fourth-order valence-electron chi connectivity index (χ4n) is 6.13. The van der Waals surface area contributed by atoms with Gasteiger partial charge in [-0.1, -0.05) is 0 Å². The van der Waals surface area contributed by atoms with Crippen molar-refractivity contribution in [2.24, 2.45) is 0 Å². The molecule has 1 fully saturated rings. The van der Waals surface area contributed by atoms with Gasteiger partial charge in [0.15, 0.2) is 0 Å². The van der Waals surface area contributed by atoms with Crippen LogP contribution in [0.2, 0.25) is 0 Å². The molecule has 1 atom stereocenters. The molecule has 1 aliphatic heterocycles. The monoisotopic (exact) mass is 545 g/mol. The van der Waals surface area contributed by atoms with Gasteiger partial charge in [0.2, 0.25) is 0 Å². The van der Waals surface area contributed by atoms with Crippen molar-refractivity contribution in [1.82, 2.24) is 13.7 Å². The number of hydrogen-bond acceptors (Lipinski definition) is 4. The third kappa shape index (κ3) is 2.95. The maximum atomic E-state index is 13.3. The summed E-state index contributed by atoms with van der Waals surface area (Å²) >= 11 is 7.21. The van der Waals surface area contributed by atoms with Crippen LogP contribution < -0.4 is 27.0 Å². The minimum atomic E-state index is -3.82. The molecule has 0 spiro atoms. The van der Waals surface area contributed by atoms with Gasteiger partial charge in [0.25, 0.3) is 0 Å². The van der Waals surface area contributed by atoms with Crippen molar-refractivity contribution < 1.29 is 4.52 Å². The first-order valence-corrected chi connectivity index (χ1v) is 15.1. The van der Waals surface area contributed by atoms with Crippen LogP contribution in [0.1, 0.15) is 29.4 Å². The Labute approximate surface area is 226 Å². The predicted octanol–water partition coefficient (Wildman–Crippen LogP) is 4.23. The van der Waals surface area contributed by atoms with Crippen LogP contribution in [0.4, 0.5) is 0 Å². The molecule has 3 aromatic carbocycles. The van der Waals surface area contributed by atoms with E-state index in [1.54, 1.807) is 18.4 Å². The molecule has 1 unspecified atom stereocenters. The Bertz CT molecular complexity index is 1680. The van der Waals surface area contributed by atoms with E-state index in [4.69, 9.17) is 16.1 Å². The molecule has 1 saturated heterocycles. The van der Waals surface area contributed by atoms with E-state index in [1.165, 1.54) is 4.52 Å². The van der Waals surface area contributed by atoms with E-state index in [1.807, 2.05) is 68.4 Å². The molecule has 3 heterocycles. The number of aromatic nitrogens is 2. The number of hydrogen-bond donors (Lipinski definition) is 0. The molecule has 194 valence electrons. The molecule has 0 saturated carbocycles. The molecule has 0 radical (unpaired) electrons. The molecule has 0 N–H and O–H groups in total. The van der Waals surface area contributed by atoms with Crippen molar-refractivity contribution in [2.45, 2.75) is 39.4 Å². The Balaban J connectivity index is 1.73. The Hall–Kier alpha value is -3.28. The summed E-state index contributed by atoms with van der Waals surface area (Å²) in [5.41, 5.74) is 1.95. The van der Waals surface area contributed by atoms with Gasteiger partial charge < -0.3 is 0 Å². The van der Waals surface area contributed by atoms with Gasteiger partial charge in [-0.15, -0.1) is 0 Å². The van der Waals surface area contributed by atoms with Crippen molar-refractivity contribution in [1.29, 1.82) is 0 Å². The van der Waals surface area contributed by atoms with E-state index in [-0.39, 0.29) is 11.1 Å². The average molecular weight is 546 g/mol. The molecule has 8 heteroatoms. The SMILES string of the molecule is Cc1c(C)n2c(CN3C(C)(Cl)OP3(c3ccccc3)(c3ccccc3)c3ccccc3)c(C)c(=O)n2c1=O. The van der Waals surface area contributed by atoms with Crippen molar-refractivity contribution in [3.05, 3.63) is 134 Å². The van der Waals surface area contributed by atoms with Gasteiger partial charge in [-0.05, 0) is 0 Å². The minimum absolute atomic E-state index is 0.290. The summed E-state index contributed by atoms with van der Waals surface area (Å²) in [6, 6.07) is 30.6. The first-order valence-electron chi connectivity index (χ1n) is 12.6. The van der Waals surface area contributed by atoms with Gasteiger partial charge in [-0.3, -0.25) is 0 Å². The van der Waals surface area contributed by atoms with Gasteiger partial charge in [0, 0.05) is 0 Å². The molecule has 0 bridgehead atoms. The number of halogens is 1. The van der Waals surface area contributed by atoms with Crippen LogP contribution in [0, 0.1) is 20.8 Å².